The molecule has 1 atom stereocenters. The second-order valence-electron chi connectivity index (χ2n) is 3.47. The molecule has 1 rings (SSSR count). The first-order valence-corrected chi connectivity index (χ1v) is 4.49. The Hall–Kier alpha value is -0.380. The molecule has 0 saturated carbocycles. The van der Waals surface area contributed by atoms with Crippen LogP contribution in [0.1, 0.15) is 12.8 Å². The molecule has 1 aliphatic rings. The fraction of sp³-hybridized carbons (Fsp3) is 0.778. The summed E-state index contributed by atoms with van der Waals surface area (Å²) in [7, 11) is 0. The van der Waals surface area contributed by atoms with Gasteiger partial charge in [-0.2, -0.15) is 0 Å². The highest BCUT2D eigenvalue weighted by molar-refractivity contribution is 5.03. The van der Waals surface area contributed by atoms with Gasteiger partial charge in [0.05, 0.1) is 6.10 Å². The summed E-state index contributed by atoms with van der Waals surface area (Å²) in [5.41, 5.74) is 6.61. The topological polar surface area (TPSA) is 49.5 Å². The number of nitrogens with two attached hydrogens (primary N) is 1. The molecule has 0 amide bonds. The lowest BCUT2D eigenvalue weighted by molar-refractivity contribution is 0.120. The molecule has 1 fully saturated rings. The van der Waals surface area contributed by atoms with E-state index in [4.69, 9.17) is 5.73 Å². The van der Waals surface area contributed by atoms with Crippen LogP contribution in [0.2, 0.25) is 0 Å². The van der Waals surface area contributed by atoms with Gasteiger partial charge in [-0.15, -0.1) is 0 Å². The van der Waals surface area contributed by atoms with Gasteiger partial charge in [0, 0.05) is 19.6 Å². The first-order chi connectivity index (χ1) is 5.72. The lowest BCUT2D eigenvalue weighted by Gasteiger charge is -2.18. The maximum atomic E-state index is 9.44. The molecule has 3 nitrogen and oxygen atoms in total. The molecule has 3 N–H and O–H groups in total. The predicted octanol–water partition coefficient (Wildman–Crippen LogP) is -0.0420. The quantitative estimate of drug-likeness (QED) is 0.582. The van der Waals surface area contributed by atoms with Crippen LogP contribution in [0.15, 0.2) is 12.2 Å². The van der Waals surface area contributed by atoms with Gasteiger partial charge in [0.1, 0.15) is 0 Å². The van der Waals surface area contributed by atoms with Gasteiger partial charge in [-0.05, 0) is 19.4 Å². The average molecular weight is 170 g/mol. The van der Waals surface area contributed by atoms with Gasteiger partial charge >= 0.3 is 0 Å². The molecule has 0 spiro atoms. The minimum Gasteiger partial charge on any atom is -0.392 e. The Morgan fingerprint density at radius 1 is 1.67 bits per heavy atom. The lowest BCUT2D eigenvalue weighted by atomic mass is 10.2. The van der Waals surface area contributed by atoms with Crippen LogP contribution in [-0.4, -0.2) is 42.3 Å². The SMILES string of the molecule is C=C1CCN(CC(O)CCN)C1. The minimum atomic E-state index is -0.263. The van der Waals surface area contributed by atoms with Gasteiger partial charge < -0.3 is 10.8 Å². The van der Waals surface area contributed by atoms with Crippen LogP contribution in [0.5, 0.6) is 0 Å². The zero-order valence-corrected chi connectivity index (χ0v) is 7.50. The molecule has 3 heteroatoms. The summed E-state index contributed by atoms with van der Waals surface area (Å²) in [5.74, 6) is 0. The number of aliphatic hydroxyl groups is 1. The van der Waals surface area contributed by atoms with Crippen LogP contribution in [0.25, 0.3) is 0 Å². The van der Waals surface area contributed by atoms with E-state index < -0.39 is 0 Å². The molecular formula is C9H18N2O. The van der Waals surface area contributed by atoms with Crippen molar-refractivity contribution in [3.05, 3.63) is 12.2 Å². The van der Waals surface area contributed by atoms with Gasteiger partial charge in [0.15, 0.2) is 0 Å². The molecule has 0 aliphatic carbocycles. The third-order valence-electron chi connectivity index (χ3n) is 2.20. The summed E-state index contributed by atoms with van der Waals surface area (Å²) in [6.07, 6.45) is 1.51. The van der Waals surface area contributed by atoms with Crippen molar-refractivity contribution in [2.75, 3.05) is 26.2 Å². The summed E-state index contributed by atoms with van der Waals surface area (Å²) >= 11 is 0. The summed E-state index contributed by atoms with van der Waals surface area (Å²) in [6.45, 7) is 7.21. The van der Waals surface area contributed by atoms with Gasteiger partial charge in [-0.3, -0.25) is 4.90 Å². The highest BCUT2D eigenvalue weighted by Gasteiger charge is 2.17. The second-order valence-corrected chi connectivity index (χ2v) is 3.47. The fourth-order valence-electron chi connectivity index (χ4n) is 1.53. The number of hydrogen-bond acceptors (Lipinski definition) is 3. The number of likely N-dealkylation sites (tertiary alicyclic amines) is 1. The average Bonchev–Trinajstić information content (AvgIpc) is 2.36. The van der Waals surface area contributed by atoms with Crippen LogP contribution < -0.4 is 5.73 Å². The van der Waals surface area contributed by atoms with Gasteiger partial charge in [-0.25, -0.2) is 0 Å². The highest BCUT2D eigenvalue weighted by Crippen LogP contribution is 2.13. The van der Waals surface area contributed by atoms with E-state index in [0.29, 0.717) is 13.0 Å². The molecule has 1 unspecified atom stereocenters. The molecule has 0 radical (unpaired) electrons. The van der Waals surface area contributed by atoms with Crippen molar-refractivity contribution < 1.29 is 5.11 Å². The molecule has 0 aromatic carbocycles. The Balaban J connectivity index is 2.18. The van der Waals surface area contributed by atoms with E-state index >= 15 is 0 Å². The van der Waals surface area contributed by atoms with Gasteiger partial charge in [0.2, 0.25) is 0 Å². The lowest BCUT2D eigenvalue weighted by Crippen LogP contribution is -2.31. The Morgan fingerprint density at radius 2 is 2.42 bits per heavy atom. The Morgan fingerprint density at radius 3 is 2.92 bits per heavy atom. The Bertz CT molecular complexity index is 159. The summed E-state index contributed by atoms with van der Waals surface area (Å²) in [5, 5.41) is 9.44. The minimum absolute atomic E-state index is 0.263. The summed E-state index contributed by atoms with van der Waals surface area (Å²) in [4.78, 5) is 2.22. The number of nitrogens with zero attached hydrogens (tertiary/aromatic N) is 1. The number of β-amino-alcohol motifs (C(OH)–C–C–N with tert-alkyl or cyclic N) is 1. The highest BCUT2D eigenvalue weighted by atomic mass is 16.3. The number of aliphatic hydroxyl groups excluding tert-OH is 1. The van der Waals surface area contributed by atoms with E-state index in [0.717, 1.165) is 26.1 Å². The van der Waals surface area contributed by atoms with E-state index in [1.165, 1.54) is 5.57 Å². The molecule has 70 valence electrons. The van der Waals surface area contributed by atoms with E-state index in [1.807, 2.05) is 0 Å². The maximum absolute atomic E-state index is 9.44. The molecule has 12 heavy (non-hydrogen) atoms. The first-order valence-electron chi connectivity index (χ1n) is 4.49. The molecule has 0 aromatic heterocycles. The largest absolute Gasteiger partial charge is 0.392 e. The molecular weight excluding hydrogens is 152 g/mol. The van der Waals surface area contributed by atoms with Crippen molar-refractivity contribution in [2.45, 2.75) is 18.9 Å². The van der Waals surface area contributed by atoms with E-state index in [9.17, 15) is 5.11 Å². The second kappa shape index (κ2) is 4.60. The fourth-order valence-corrected chi connectivity index (χ4v) is 1.53. The van der Waals surface area contributed by atoms with Crippen LogP contribution in [0.4, 0.5) is 0 Å². The molecule has 0 aromatic rings. The monoisotopic (exact) mass is 170 g/mol. The zero-order valence-electron chi connectivity index (χ0n) is 7.50. The van der Waals surface area contributed by atoms with Crippen molar-refractivity contribution in [3.63, 3.8) is 0 Å². The van der Waals surface area contributed by atoms with Crippen molar-refractivity contribution >= 4 is 0 Å². The number of rotatable bonds is 4. The molecule has 0 bridgehead atoms. The zero-order chi connectivity index (χ0) is 8.97. The third-order valence-corrected chi connectivity index (χ3v) is 2.20. The van der Waals surface area contributed by atoms with Crippen LogP contribution >= 0.6 is 0 Å². The van der Waals surface area contributed by atoms with E-state index in [2.05, 4.69) is 11.5 Å². The first kappa shape index (κ1) is 9.71. The van der Waals surface area contributed by atoms with Crippen LogP contribution in [0, 0.1) is 0 Å². The molecule has 1 aliphatic heterocycles. The van der Waals surface area contributed by atoms with Crippen molar-refractivity contribution in [3.8, 4) is 0 Å². The van der Waals surface area contributed by atoms with Crippen molar-refractivity contribution in [1.29, 1.82) is 0 Å². The van der Waals surface area contributed by atoms with Gasteiger partial charge in [0.25, 0.3) is 0 Å². The van der Waals surface area contributed by atoms with Gasteiger partial charge in [-0.1, -0.05) is 12.2 Å². The van der Waals surface area contributed by atoms with E-state index in [1.54, 1.807) is 0 Å². The maximum Gasteiger partial charge on any atom is 0.0679 e. The van der Waals surface area contributed by atoms with Crippen molar-refractivity contribution in [1.82, 2.24) is 4.90 Å². The van der Waals surface area contributed by atoms with Crippen LogP contribution in [-0.2, 0) is 0 Å². The smallest absolute Gasteiger partial charge is 0.0679 e. The summed E-state index contributed by atoms with van der Waals surface area (Å²) in [6, 6.07) is 0. The Labute approximate surface area is 73.9 Å². The predicted molar refractivity (Wildman–Crippen MR) is 49.9 cm³/mol. The Kier molecular flexibility index (Phi) is 3.72. The molecule has 1 heterocycles. The standard InChI is InChI=1S/C9H18N2O/c1-8-3-5-11(6-8)7-9(12)2-4-10/h9,12H,1-7,10H2. The van der Waals surface area contributed by atoms with Crippen LogP contribution in [0.3, 0.4) is 0 Å². The normalized spacial score (nSPS) is 21.7. The third kappa shape index (κ3) is 2.93. The molecule has 1 saturated heterocycles. The van der Waals surface area contributed by atoms with E-state index in [-0.39, 0.29) is 6.10 Å². The summed E-state index contributed by atoms with van der Waals surface area (Å²) < 4.78 is 0. The van der Waals surface area contributed by atoms with Crippen molar-refractivity contribution in [2.24, 2.45) is 5.73 Å². The number of hydrogen-bond donors (Lipinski definition) is 2.